The van der Waals surface area contributed by atoms with Crippen molar-refractivity contribution in [3.63, 3.8) is 0 Å². The van der Waals surface area contributed by atoms with Gasteiger partial charge in [0.1, 0.15) is 18.2 Å². The molecule has 1 amide bonds. The Balaban J connectivity index is 2.37. The van der Waals surface area contributed by atoms with E-state index in [1.807, 2.05) is 0 Å². The Bertz CT molecular complexity index is 608. The van der Waals surface area contributed by atoms with E-state index in [0.29, 0.717) is 0 Å². The lowest BCUT2D eigenvalue weighted by atomic mass is 9.95. The van der Waals surface area contributed by atoms with E-state index in [4.69, 9.17) is 58.5 Å². The van der Waals surface area contributed by atoms with Gasteiger partial charge in [-0.3, -0.25) is 14.4 Å². The number of ether oxygens (including phenoxy) is 5. The number of fused-ring (bicyclic) bond motifs is 1. The normalized spacial score (nSPS) is 32.8. The zero-order chi connectivity index (χ0) is 20.6. The quantitative estimate of drug-likeness (QED) is 0.507. The summed E-state index contributed by atoms with van der Waals surface area (Å²) in [6.45, 7) is 5.76. The molecular formula is C15H20Cl3NO8. The van der Waals surface area contributed by atoms with Gasteiger partial charge in [-0.15, -0.1) is 0 Å². The molecule has 0 unspecified atom stereocenters. The lowest BCUT2D eigenvalue weighted by molar-refractivity contribution is -0.365. The molecule has 9 nitrogen and oxygen atoms in total. The Hall–Kier alpha value is -0.840. The van der Waals surface area contributed by atoms with E-state index in [1.165, 1.54) is 6.92 Å². The van der Waals surface area contributed by atoms with E-state index in [0.717, 1.165) is 6.92 Å². The molecule has 2 heterocycles. The summed E-state index contributed by atoms with van der Waals surface area (Å²) >= 11 is 16.8. The van der Waals surface area contributed by atoms with Gasteiger partial charge in [0.15, 0.2) is 11.9 Å². The van der Waals surface area contributed by atoms with Crippen LogP contribution in [0.5, 0.6) is 0 Å². The smallest absolute Gasteiger partial charge is 0.305 e. The van der Waals surface area contributed by atoms with E-state index in [9.17, 15) is 14.4 Å². The largest absolute Gasteiger partial charge is 0.457 e. The van der Waals surface area contributed by atoms with Crippen molar-refractivity contribution in [3.8, 4) is 0 Å². The van der Waals surface area contributed by atoms with Gasteiger partial charge in [0.25, 0.3) is 9.70 Å². The Morgan fingerprint density at radius 1 is 1.11 bits per heavy atom. The Kier molecular flexibility index (Phi) is 6.87. The summed E-state index contributed by atoms with van der Waals surface area (Å²) in [7, 11) is 0. The molecule has 154 valence electrons. The SMILES string of the molecule is CC(=O)O[C@H]1O[C@@H]2COC(C)(C)O[C@H]2[C@H](OC(C)=O)[C@H]1NC(=O)C(Cl)(Cl)Cl. The number of carbonyl (C=O) groups excluding carboxylic acids is 3. The minimum absolute atomic E-state index is 0.0817. The average molecular weight is 449 g/mol. The van der Waals surface area contributed by atoms with Crippen LogP contribution in [-0.2, 0) is 38.1 Å². The van der Waals surface area contributed by atoms with Crippen LogP contribution in [0, 0.1) is 0 Å². The van der Waals surface area contributed by atoms with Crippen LogP contribution in [0.15, 0.2) is 0 Å². The van der Waals surface area contributed by atoms with Crippen molar-refractivity contribution in [2.75, 3.05) is 6.61 Å². The molecule has 0 bridgehead atoms. The van der Waals surface area contributed by atoms with Crippen LogP contribution < -0.4 is 5.32 Å². The molecule has 0 aromatic rings. The van der Waals surface area contributed by atoms with Gasteiger partial charge in [0.2, 0.25) is 6.29 Å². The first-order chi connectivity index (χ1) is 12.3. The second kappa shape index (κ2) is 8.26. The molecule has 0 radical (unpaired) electrons. The van der Waals surface area contributed by atoms with Gasteiger partial charge < -0.3 is 29.0 Å². The molecule has 2 aliphatic rings. The van der Waals surface area contributed by atoms with Gasteiger partial charge in [0, 0.05) is 13.8 Å². The van der Waals surface area contributed by atoms with Crippen LogP contribution in [0.2, 0.25) is 0 Å². The Morgan fingerprint density at radius 3 is 2.22 bits per heavy atom. The number of esters is 2. The highest BCUT2D eigenvalue weighted by Gasteiger charge is 2.55. The summed E-state index contributed by atoms with van der Waals surface area (Å²) in [4.78, 5) is 35.3. The molecule has 0 aliphatic carbocycles. The standard InChI is InChI=1S/C15H20Cl3NO8/c1-6(20)24-11-9(19-13(22)15(16,17)18)12(25-7(2)21)26-8-5-23-14(3,4)27-10(8)11/h8-12H,5H2,1-4H3,(H,19,22)/t8-,9-,10-,11-,12+/m1/s1. The number of nitrogens with one attached hydrogen (secondary N) is 1. The number of rotatable bonds is 3. The second-order valence-electron chi connectivity index (χ2n) is 6.52. The van der Waals surface area contributed by atoms with Gasteiger partial charge in [-0.2, -0.15) is 0 Å². The lowest BCUT2D eigenvalue weighted by Crippen LogP contribution is -2.70. The molecule has 27 heavy (non-hydrogen) atoms. The van der Waals surface area contributed by atoms with Crippen molar-refractivity contribution in [1.82, 2.24) is 5.32 Å². The number of halogens is 3. The predicted octanol–water partition coefficient (Wildman–Crippen LogP) is 1.21. The third-order valence-corrected chi connectivity index (χ3v) is 4.32. The highest BCUT2D eigenvalue weighted by atomic mass is 35.6. The van der Waals surface area contributed by atoms with Crippen LogP contribution in [0.25, 0.3) is 0 Å². The van der Waals surface area contributed by atoms with E-state index >= 15 is 0 Å². The summed E-state index contributed by atoms with van der Waals surface area (Å²) in [6, 6.07) is -1.18. The van der Waals surface area contributed by atoms with Crippen molar-refractivity contribution >= 4 is 52.6 Å². The molecule has 2 saturated heterocycles. The first-order valence-corrected chi connectivity index (χ1v) is 9.13. The van der Waals surface area contributed by atoms with Crippen LogP contribution in [0.4, 0.5) is 0 Å². The van der Waals surface area contributed by atoms with Crippen LogP contribution in [-0.4, -0.2) is 64.7 Å². The second-order valence-corrected chi connectivity index (χ2v) is 8.80. The molecule has 0 aromatic carbocycles. The summed E-state index contributed by atoms with van der Waals surface area (Å²) < 4.78 is 25.2. The Labute approximate surface area is 170 Å². The van der Waals surface area contributed by atoms with E-state index in [1.54, 1.807) is 13.8 Å². The topological polar surface area (TPSA) is 109 Å². The highest BCUT2D eigenvalue weighted by Crippen LogP contribution is 2.35. The van der Waals surface area contributed by atoms with Gasteiger partial charge in [-0.1, -0.05) is 34.8 Å². The molecule has 12 heteroatoms. The molecule has 0 saturated carbocycles. The molecular weight excluding hydrogens is 429 g/mol. The number of carbonyl (C=O) groups is 3. The van der Waals surface area contributed by atoms with Crippen LogP contribution in [0.3, 0.4) is 0 Å². The number of hydrogen-bond donors (Lipinski definition) is 1. The van der Waals surface area contributed by atoms with E-state index in [2.05, 4.69) is 5.32 Å². The number of hydrogen-bond acceptors (Lipinski definition) is 8. The number of amides is 1. The summed E-state index contributed by atoms with van der Waals surface area (Å²) in [5.41, 5.74) is 0. The fraction of sp³-hybridized carbons (Fsp3) is 0.800. The molecule has 0 spiro atoms. The molecule has 2 rings (SSSR count). The van der Waals surface area contributed by atoms with Crippen molar-refractivity contribution in [1.29, 1.82) is 0 Å². The van der Waals surface area contributed by atoms with Crippen LogP contribution >= 0.6 is 34.8 Å². The van der Waals surface area contributed by atoms with Gasteiger partial charge in [-0.05, 0) is 13.8 Å². The zero-order valence-corrected chi connectivity index (χ0v) is 17.3. The van der Waals surface area contributed by atoms with E-state index < -0.39 is 58.1 Å². The van der Waals surface area contributed by atoms with Gasteiger partial charge in [-0.25, -0.2) is 0 Å². The van der Waals surface area contributed by atoms with Crippen molar-refractivity contribution in [2.45, 2.75) is 67.9 Å². The molecule has 0 aromatic heterocycles. The van der Waals surface area contributed by atoms with Gasteiger partial charge in [0.05, 0.1) is 6.61 Å². The first kappa shape index (κ1) is 22.4. The first-order valence-electron chi connectivity index (χ1n) is 7.99. The summed E-state index contributed by atoms with van der Waals surface area (Å²) in [5.74, 6) is -3.35. The fourth-order valence-electron chi connectivity index (χ4n) is 2.81. The monoisotopic (exact) mass is 447 g/mol. The lowest BCUT2D eigenvalue weighted by Gasteiger charge is -2.50. The maximum atomic E-state index is 12.2. The number of alkyl halides is 3. The van der Waals surface area contributed by atoms with Crippen molar-refractivity contribution < 1.29 is 38.1 Å². The third kappa shape index (κ3) is 5.82. The fourth-order valence-corrected chi connectivity index (χ4v) is 2.97. The van der Waals surface area contributed by atoms with Crippen molar-refractivity contribution in [3.05, 3.63) is 0 Å². The summed E-state index contributed by atoms with van der Waals surface area (Å²) in [6.07, 6.45) is -3.97. The minimum Gasteiger partial charge on any atom is -0.457 e. The van der Waals surface area contributed by atoms with Gasteiger partial charge >= 0.3 is 11.9 Å². The highest BCUT2D eigenvalue weighted by molar-refractivity contribution is 6.76. The van der Waals surface area contributed by atoms with Crippen LogP contribution in [0.1, 0.15) is 27.7 Å². The van der Waals surface area contributed by atoms with E-state index in [-0.39, 0.29) is 6.61 Å². The molecule has 1 N–H and O–H groups in total. The molecule has 2 fully saturated rings. The average Bonchev–Trinajstić information content (AvgIpc) is 2.48. The summed E-state index contributed by atoms with van der Waals surface area (Å²) in [5, 5.41) is 2.40. The minimum atomic E-state index is -2.30. The molecule has 2 aliphatic heterocycles. The third-order valence-electron chi connectivity index (χ3n) is 3.80. The zero-order valence-electron chi connectivity index (χ0n) is 15.0. The predicted molar refractivity (Wildman–Crippen MR) is 93.1 cm³/mol. The maximum absolute atomic E-state index is 12.2. The van der Waals surface area contributed by atoms with Crippen molar-refractivity contribution in [2.24, 2.45) is 0 Å². The maximum Gasteiger partial charge on any atom is 0.305 e. The molecule has 5 atom stereocenters. The Morgan fingerprint density at radius 2 is 1.70 bits per heavy atom.